The Bertz CT molecular complexity index is 1080. The highest BCUT2D eigenvalue weighted by atomic mass is 16.1. The number of hydrogen-bond acceptors (Lipinski definition) is 2. The quantitative estimate of drug-likeness (QED) is 0.587. The Morgan fingerprint density at radius 1 is 1.00 bits per heavy atom. The first kappa shape index (κ1) is 14.0. The van der Waals surface area contributed by atoms with Crippen LogP contribution in [0.15, 0.2) is 67.0 Å². The van der Waals surface area contributed by atoms with Crippen molar-refractivity contribution in [3.8, 4) is 5.69 Å². The van der Waals surface area contributed by atoms with E-state index in [1.807, 2.05) is 48.8 Å². The normalized spacial score (nSPS) is 16.6. The van der Waals surface area contributed by atoms with Crippen molar-refractivity contribution < 1.29 is 4.79 Å². The van der Waals surface area contributed by atoms with Crippen LogP contribution in [0, 0.1) is 0 Å². The summed E-state index contributed by atoms with van der Waals surface area (Å²) in [5.74, 6) is 0.781. The highest BCUT2D eigenvalue weighted by Gasteiger charge is 2.31. The molecule has 122 valence electrons. The molecule has 5 heteroatoms. The largest absolute Gasteiger partial charge is 0.361 e. The second kappa shape index (κ2) is 5.34. The SMILES string of the molecule is O=C1C[C@H](c2cccc3[nH]ccc23)c2cnn(-c3ccccc3)c2N1. The van der Waals surface area contributed by atoms with E-state index in [1.54, 1.807) is 4.68 Å². The Morgan fingerprint density at radius 3 is 2.76 bits per heavy atom. The Kier molecular flexibility index (Phi) is 3.00. The van der Waals surface area contributed by atoms with Gasteiger partial charge < -0.3 is 10.3 Å². The Hall–Kier alpha value is -3.34. The molecule has 3 heterocycles. The molecule has 0 saturated carbocycles. The van der Waals surface area contributed by atoms with Gasteiger partial charge in [-0.1, -0.05) is 30.3 Å². The predicted molar refractivity (Wildman–Crippen MR) is 97.0 cm³/mol. The number of carbonyl (C=O) groups is 1. The van der Waals surface area contributed by atoms with Gasteiger partial charge in [-0.05, 0) is 29.8 Å². The summed E-state index contributed by atoms with van der Waals surface area (Å²) in [5, 5.41) is 8.70. The van der Waals surface area contributed by atoms with Crippen molar-refractivity contribution in [1.82, 2.24) is 14.8 Å². The number of nitrogens with zero attached hydrogens (tertiary/aromatic N) is 2. The van der Waals surface area contributed by atoms with Crippen molar-refractivity contribution in [2.24, 2.45) is 0 Å². The van der Waals surface area contributed by atoms with Crippen molar-refractivity contribution in [1.29, 1.82) is 0 Å². The fraction of sp³-hybridized carbons (Fsp3) is 0.100. The van der Waals surface area contributed by atoms with E-state index in [0.717, 1.165) is 33.5 Å². The fourth-order valence-corrected chi connectivity index (χ4v) is 3.68. The molecule has 5 rings (SSSR count). The van der Waals surface area contributed by atoms with Crippen LogP contribution in [-0.2, 0) is 4.79 Å². The van der Waals surface area contributed by atoms with Gasteiger partial charge in [-0.3, -0.25) is 4.79 Å². The summed E-state index contributed by atoms with van der Waals surface area (Å²) in [4.78, 5) is 15.6. The number of hydrogen-bond donors (Lipinski definition) is 2. The van der Waals surface area contributed by atoms with E-state index in [1.165, 1.54) is 0 Å². The number of aromatic amines is 1. The second-order valence-corrected chi connectivity index (χ2v) is 6.29. The van der Waals surface area contributed by atoms with Gasteiger partial charge in [0.1, 0.15) is 5.82 Å². The van der Waals surface area contributed by atoms with Crippen LogP contribution in [0.5, 0.6) is 0 Å². The van der Waals surface area contributed by atoms with Gasteiger partial charge in [-0.15, -0.1) is 0 Å². The average Bonchev–Trinajstić information content (AvgIpc) is 3.28. The number of para-hydroxylation sites is 1. The lowest BCUT2D eigenvalue weighted by molar-refractivity contribution is -0.116. The molecule has 4 aromatic rings. The van der Waals surface area contributed by atoms with Gasteiger partial charge in [-0.25, -0.2) is 4.68 Å². The molecule has 2 aromatic heterocycles. The van der Waals surface area contributed by atoms with E-state index in [9.17, 15) is 4.79 Å². The lowest BCUT2D eigenvalue weighted by atomic mass is 9.85. The molecular weight excluding hydrogens is 312 g/mol. The number of benzene rings is 2. The molecule has 0 spiro atoms. The van der Waals surface area contributed by atoms with Gasteiger partial charge in [0.05, 0.1) is 11.9 Å². The van der Waals surface area contributed by atoms with Crippen molar-refractivity contribution in [3.05, 3.63) is 78.1 Å². The standard InChI is InChI=1S/C20H16N4O/c25-19-11-16(14-7-4-8-18-15(14)9-10-21-18)17-12-22-24(20(17)23-19)13-5-2-1-3-6-13/h1-10,12,16,21H,11H2,(H,23,25)/t16-/m1/s1. The second-order valence-electron chi connectivity index (χ2n) is 6.29. The van der Waals surface area contributed by atoms with Crippen LogP contribution in [0.4, 0.5) is 5.82 Å². The first-order valence-corrected chi connectivity index (χ1v) is 8.30. The molecule has 1 aliphatic heterocycles. The number of rotatable bonds is 2. The summed E-state index contributed by atoms with van der Waals surface area (Å²) in [6, 6.07) is 18.1. The van der Waals surface area contributed by atoms with E-state index in [4.69, 9.17) is 0 Å². The van der Waals surface area contributed by atoms with E-state index in [-0.39, 0.29) is 11.8 Å². The van der Waals surface area contributed by atoms with Crippen molar-refractivity contribution in [2.45, 2.75) is 12.3 Å². The highest BCUT2D eigenvalue weighted by molar-refractivity contribution is 5.96. The average molecular weight is 328 g/mol. The van der Waals surface area contributed by atoms with Crippen molar-refractivity contribution in [3.63, 3.8) is 0 Å². The zero-order valence-corrected chi connectivity index (χ0v) is 13.4. The van der Waals surface area contributed by atoms with Crippen LogP contribution in [0.2, 0.25) is 0 Å². The monoisotopic (exact) mass is 328 g/mol. The van der Waals surface area contributed by atoms with Gasteiger partial charge in [-0.2, -0.15) is 5.10 Å². The molecule has 0 saturated heterocycles. The molecule has 1 atom stereocenters. The van der Waals surface area contributed by atoms with E-state index < -0.39 is 0 Å². The maximum absolute atomic E-state index is 12.4. The third-order valence-corrected chi connectivity index (χ3v) is 4.83. The maximum atomic E-state index is 12.4. The lowest BCUT2D eigenvalue weighted by Gasteiger charge is -2.24. The van der Waals surface area contributed by atoms with Gasteiger partial charge in [0.15, 0.2) is 0 Å². The molecule has 0 bridgehead atoms. The number of nitrogens with one attached hydrogen (secondary N) is 2. The topological polar surface area (TPSA) is 62.7 Å². The number of anilines is 1. The third-order valence-electron chi connectivity index (χ3n) is 4.83. The van der Waals surface area contributed by atoms with Crippen LogP contribution in [-0.4, -0.2) is 20.7 Å². The third kappa shape index (κ3) is 2.16. The molecule has 0 fully saturated rings. The smallest absolute Gasteiger partial charge is 0.226 e. The first-order valence-electron chi connectivity index (χ1n) is 8.30. The molecule has 0 unspecified atom stereocenters. The van der Waals surface area contributed by atoms with Crippen LogP contribution in [0.1, 0.15) is 23.5 Å². The summed E-state index contributed by atoms with van der Waals surface area (Å²) < 4.78 is 1.80. The number of aromatic nitrogens is 3. The summed E-state index contributed by atoms with van der Waals surface area (Å²) in [7, 11) is 0. The molecule has 1 aliphatic rings. The number of carbonyl (C=O) groups excluding carboxylic acids is 1. The Labute approximate surface area is 144 Å². The molecule has 2 N–H and O–H groups in total. The molecule has 0 radical (unpaired) electrons. The number of H-pyrrole nitrogens is 1. The minimum atomic E-state index is 0.000659. The zero-order valence-electron chi connectivity index (χ0n) is 13.4. The molecule has 2 aromatic carbocycles. The highest BCUT2D eigenvalue weighted by Crippen LogP contribution is 2.40. The Morgan fingerprint density at radius 2 is 1.88 bits per heavy atom. The first-order chi connectivity index (χ1) is 12.3. The van der Waals surface area contributed by atoms with E-state index >= 15 is 0 Å². The summed E-state index contributed by atoms with van der Waals surface area (Å²) in [5.41, 5.74) is 4.23. The van der Waals surface area contributed by atoms with Gasteiger partial charge >= 0.3 is 0 Å². The zero-order chi connectivity index (χ0) is 16.8. The molecule has 25 heavy (non-hydrogen) atoms. The van der Waals surface area contributed by atoms with Gasteiger partial charge in [0, 0.05) is 35.0 Å². The van der Waals surface area contributed by atoms with E-state index in [0.29, 0.717) is 6.42 Å². The molecule has 1 amide bonds. The Balaban J connectivity index is 1.69. The van der Waals surface area contributed by atoms with Gasteiger partial charge in [0.2, 0.25) is 5.91 Å². The van der Waals surface area contributed by atoms with Gasteiger partial charge in [0.25, 0.3) is 0 Å². The summed E-state index contributed by atoms with van der Waals surface area (Å²) in [6.45, 7) is 0. The van der Waals surface area contributed by atoms with Crippen LogP contribution in [0.3, 0.4) is 0 Å². The number of amides is 1. The minimum absolute atomic E-state index is 0.000659. The van der Waals surface area contributed by atoms with Crippen LogP contribution >= 0.6 is 0 Å². The minimum Gasteiger partial charge on any atom is -0.361 e. The van der Waals surface area contributed by atoms with Crippen molar-refractivity contribution >= 4 is 22.6 Å². The fourth-order valence-electron chi connectivity index (χ4n) is 3.68. The summed E-state index contributed by atoms with van der Waals surface area (Å²) in [6.07, 6.45) is 4.24. The maximum Gasteiger partial charge on any atom is 0.226 e. The van der Waals surface area contributed by atoms with Crippen molar-refractivity contribution in [2.75, 3.05) is 5.32 Å². The molecule has 0 aliphatic carbocycles. The summed E-state index contributed by atoms with van der Waals surface area (Å²) >= 11 is 0. The predicted octanol–water partition coefficient (Wildman–Crippen LogP) is 3.83. The van der Waals surface area contributed by atoms with E-state index in [2.05, 4.69) is 33.6 Å². The molecule has 5 nitrogen and oxygen atoms in total. The number of fused-ring (bicyclic) bond motifs is 2. The lowest BCUT2D eigenvalue weighted by Crippen LogP contribution is -2.24. The van der Waals surface area contributed by atoms with Crippen LogP contribution in [0.25, 0.3) is 16.6 Å². The molecular formula is C20H16N4O. The van der Waals surface area contributed by atoms with Crippen LogP contribution < -0.4 is 5.32 Å².